The van der Waals surface area contributed by atoms with E-state index in [1.807, 2.05) is 31.2 Å². The third-order valence-electron chi connectivity index (χ3n) is 2.68. The topological polar surface area (TPSA) is 33.6 Å². The number of ether oxygens (including phenoxy) is 1. The first-order chi connectivity index (χ1) is 8.61. The Balaban J connectivity index is 2.08. The Morgan fingerprint density at radius 3 is 2.83 bits per heavy atom. The predicted octanol–water partition coefficient (Wildman–Crippen LogP) is 3.63. The molecule has 4 heteroatoms. The standard InChI is InChI=1S/C14H20N2OS/c1-4-17-12-8-6-5-7-11(12)16-13-15-9-14(2,3)10-18-13/h5-8H,4,9-10H2,1-3H3,(H,15,16). The van der Waals surface area contributed by atoms with Gasteiger partial charge in [0.1, 0.15) is 5.75 Å². The maximum absolute atomic E-state index is 5.59. The van der Waals surface area contributed by atoms with Crippen molar-refractivity contribution in [2.24, 2.45) is 10.4 Å². The van der Waals surface area contributed by atoms with E-state index in [0.717, 1.165) is 28.9 Å². The van der Waals surface area contributed by atoms with Crippen LogP contribution in [0.4, 0.5) is 5.69 Å². The summed E-state index contributed by atoms with van der Waals surface area (Å²) in [4.78, 5) is 4.59. The molecule has 0 aliphatic carbocycles. The number of rotatable bonds is 3. The summed E-state index contributed by atoms with van der Waals surface area (Å²) < 4.78 is 5.59. The Bertz CT molecular complexity index is 443. The molecule has 0 aromatic heterocycles. The molecule has 0 bridgehead atoms. The van der Waals surface area contributed by atoms with E-state index in [1.165, 1.54) is 0 Å². The normalized spacial score (nSPS) is 18.1. The van der Waals surface area contributed by atoms with E-state index in [-0.39, 0.29) is 0 Å². The molecule has 0 unspecified atom stereocenters. The summed E-state index contributed by atoms with van der Waals surface area (Å²) in [5.74, 6) is 1.98. The van der Waals surface area contributed by atoms with E-state index in [9.17, 15) is 0 Å². The fraction of sp³-hybridized carbons (Fsp3) is 0.500. The molecular formula is C14H20N2OS. The first-order valence-electron chi connectivity index (χ1n) is 6.27. The highest BCUT2D eigenvalue weighted by atomic mass is 32.2. The minimum Gasteiger partial charge on any atom is -0.492 e. The number of anilines is 1. The van der Waals surface area contributed by atoms with Crippen molar-refractivity contribution in [3.63, 3.8) is 0 Å². The molecular weight excluding hydrogens is 244 g/mol. The van der Waals surface area contributed by atoms with Crippen molar-refractivity contribution in [2.75, 3.05) is 24.2 Å². The average Bonchev–Trinajstić information content (AvgIpc) is 2.35. The number of para-hydroxylation sites is 2. The van der Waals surface area contributed by atoms with Gasteiger partial charge in [0.15, 0.2) is 5.17 Å². The minimum atomic E-state index is 0.301. The van der Waals surface area contributed by atoms with Gasteiger partial charge in [-0.3, -0.25) is 4.99 Å². The highest BCUT2D eigenvalue weighted by molar-refractivity contribution is 8.14. The molecule has 1 N–H and O–H groups in total. The van der Waals surface area contributed by atoms with Crippen LogP contribution >= 0.6 is 11.8 Å². The Hall–Kier alpha value is -1.16. The molecule has 3 nitrogen and oxygen atoms in total. The van der Waals surface area contributed by atoms with Crippen LogP contribution in [0.1, 0.15) is 20.8 Å². The Morgan fingerprint density at radius 1 is 1.39 bits per heavy atom. The van der Waals surface area contributed by atoms with Crippen molar-refractivity contribution in [3.05, 3.63) is 24.3 Å². The molecule has 1 aromatic carbocycles. The molecule has 1 heterocycles. The molecule has 0 saturated carbocycles. The average molecular weight is 264 g/mol. The van der Waals surface area contributed by atoms with Crippen molar-refractivity contribution < 1.29 is 4.74 Å². The molecule has 1 aliphatic rings. The maximum atomic E-state index is 5.59. The summed E-state index contributed by atoms with van der Waals surface area (Å²) in [7, 11) is 0. The van der Waals surface area contributed by atoms with Crippen LogP contribution in [-0.4, -0.2) is 24.1 Å². The number of thioether (sulfide) groups is 1. The lowest BCUT2D eigenvalue weighted by Gasteiger charge is -2.27. The van der Waals surface area contributed by atoms with Crippen LogP contribution in [0.25, 0.3) is 0 Å². The Morgan fingerprint density at radius 2 is 2.17 bits per heavy atom. The highest BCUT2D eigenvalue weighted by Gasteiger charge is 2.23. The van der Waals surface area contributed by atoms with Crippen LogP contribution in [0.3, 0.4) is 0 Å². The first-order valence-corrected chi connectivity index (χ1v) is 7.25. The second kappa shape index (κ2) is 5.65. The van der Waals surface area contributed by atoms with Crippen molar-refractivity contribution >= 4 is 22.6 Å². The van der Waals surface area contributed by atoms with Gasteiger partial charge < -0.3 is 10.1 Å². The molecule has 0 atom stereocenters. The van der Waals surface area contributed by atoms with E-state index in [2.05, 4.69) is 24.2 Å². The van der Waals surface area contributed by atoms with Crippen LogP contribution in [0.5, 0.6) is 5.75 Å². The van der Waals surface area contributed by atoms with Crippen molar-refractivity contribution in [1.29, 1.82) is 0 Å². The number of aliphatic imine (C=N–C) groups is 1. The molecule has 0 saturated heterocycles. The third-order valence-corrected chi connectivity index (χ3v) is 4.11. The number of nitrogens with zero attached hydrogens (tertiary/aromatic N) is 1. The van der Waals surface area contributed by atoms with Gasteiger partial charge in [-0.1, -0.05) is 37.7 Å². The number of amidine groups is 1. The minimum absolute atomic E-state index is 0.301. The largest absolute Gasteiger partial charge is 0.492 e. The van der Waals surface area contributed by atoms with Gasteiger partial charge in [-0.25, -0.2) is 0 Å². The van der Waals surface area contributed by atoms with E-state index >= 15 is 0 Å². The summed E-state index contributed by atoms with van der Waals surface area (Å²) in [6.45, 7) is 8.03. The summed E-state index contributed by atoms with van der Waals surface area (Å²) in [5, 5.41) is 4.35. The number of nitrogens with one attached hydrogen (secondary N) is 1. The SMILES string of the molecule is CCOc1ccccc1NC1=NCC(C)(C)CS1. The summed E-state index contributed by atoms with van der Waals surface area (Å²) in [6.07, 6.45) is 0. The predicted molar refractivity (Wildman–Crippen MR) is 79.8 cm³/mol. The fourth-order valence-corrected chi connectivity index (χ4v) is 2.64. The van der Waals surface area contributed by atoms with E-state index in [4.69, 9.17) is 4.74 Å². The van der Waals surface area contributed by atoms with E-state index in [1.54, 1.807) is 11.8 Å². The lowest BCUT2D eigenvalue weighted by atomic mass is 9.97. The Kier molecular flexibility index (Phi) is 4.17. The smallest absolute Gasteiger partial charge is 0.161 e. The third kappa shape index (κ3) is 3.42. The molecule has 0 amide bonds. The molecule has 1 aliphatic heterocycles. The number of hydrogen-bond acceptors (Lipinski definition) is 4. The number of benzene rings is 1. The monoisotopic (exact) mass is 264 g/mol. The van der Waals surface area contributed by atoms with Gasteiger partial charge in [0.25, 0.3) is 0 Å². The van der Waals surface area contributed by atoms with Gasteiger partial charge in [0, 0.05) is 12.3 Å². The lowest BCUT2D eigenvalue weighted by molar-refractivity contribution is 0.342. The van der Waals surface area contributed by atoms with Crippen LogP contribution in [0, 0.1) is 5.41 Å². The van der Waals surface area contributed by atoms with Gasteiger partial charge in [-0.15, -0.1) is 0 Å². The fourth-order valence-electron chi connectivity index (χ4n) is 1.68. The van der Waals surface area contributed by atoms with Gasteiger partial charge in [-0.2, -0.15) is 0 Å². The van der Waals surface area contributed by atoms with Crippen LogP contribution in [-0.2, 0) is 0 Å². The maximum Gasteiger partial charge on any atom is 0.161 e. The summed E-state index contributed by atoms with van der Waals surface area (Å²) >= 11 is 1.78. The lowest BCUT2D eigenvalue weighted by Crippen LogP contribution is -2.27. The zero-order chi connectivity index (χ0) is 13.0. The molecule has 18 heavy (non-hydrogen) atoms. The molecule has 0 fully saturated rings. The van der Waals surface area contributed by atoms with Crippen LogP contribution in [0.15, 0.2) is 29.3 Å². The van der Waals surface area contributed by atoms with Gasteiger partial charge in [0.2, 0.25) is 0 Å². The number of hydrogen-bond donors (Lipinski definition) is 1. The second-order valence-corrected chi connectivity index (χ2v) is 6.09. The van der Waals surface area contributed by atoms with Crippen LogP contribution in [0.2, 0.25) is 0 Å². The Labute approximate surface area is 113 Å². The summed E-state index contributed by atoms with van der Waals surface area (Å²) in [5.41, 5.74) is 1.29. The van der Waals surface area contributed by atoms with E-state index < -0.39 is 0 Å². The van der Waals surface area contributed by atoms with Crippen molar-refractivity contribution in [2.45, 2.75) is 20.8 Å². The zero-order valence-corrected chi connectivity index (χ0v) is 12.0. The highest BCUT2D eigenvalue weighted by Crippen LogP contribution is 2.30. The van der Waals surface area contributed by atoms with Gasteiger partial charge in [0.05, 0.1) is 12.3 Å². The summed E-state index contributed by atoms with van der Waals surface area (Å²) in [6, 6.07) is 7.98. The van der Waals surface area contributed by atoms with Gasteiger partial charge in [-0.05, 0) is 24.5 Å². The molecule has 0 spiro atoms. The van der Waals surface area contributed by atoms with Crippen molar-refractivity contribution in [1.82, 2.24) is 0 Å². The van der Waals surface area contributed by atoms with E-state index in [0.29, 0.717) is 12.0 Å². The molecule has 0 radical (unpaired) electrons. The van der Waals surface area contributed by atoms with Crippen LogP contribution < -0.4 is 10.1 Å². The second-order valence-electron chi connectivity index (χ2n) is 5.13. The molecule has 2 rings (SSSR count). The molecule has 98 valence electrons. The van der Waals surface area contributed by atoms with Crippen molar-refractivity contribution in [3.8, 4) is 5.75 Å². The first kappa shape index (κ1) is 13.3. The molecule has 1 aromatic rings. The zero-order valence-electron chi connectivity index (χ0n) is 11.2. The quantitative estimate of drug-likeness (QED) is 0.905. The van der Waals surface area contributed by atoms with Gasteiger partial charge >= 0.3 is 0 Å².